The Morgan fingerprint density at radius 2 is 1.77 bits per heavy atom. The van der Waals surface area contributed by atoms with Crippen molar-refractivity contribution in [1.82, 2.24) is 24.6 Å². The number of nitrogens with zero attached hydrogens (tertiary/aromatic N) is 5. The van der Waals surface area contributed by atoms with Crippen molar-refractivity contribution in [2.75, 3.05) is 43.0 Å². The number of aromatic amines is 1. The number of hydrogen-bond acceptors (Lipinski definition) is 12. The molecule has 5 heterocycles. The number of benzene rings is 2. The number of hydrogen-bond donors (Lipinski definition) is 3. The number of H-pyrrole nitrogens is 1. The first-order chi connectivity index (χ1) is 31.3. The van der Waals surface area contributed by atoms with Gasteiger partial charge in [-0.1, -0.05) is 57.9 Å². The van der Waals surface area contributed by atoms with Crippen LogP contribution in [-0.2, 0) is 14.8 Å². The average molecular weight is 905 g/mol. The van der Waals surface area contributed by atoms with Crippen molar-refractivity contribution >= 4 is 44.2 Å². The molecule has 16 heteroatoms. The van der Waals surface area contributed by atoms with Crippen LogP contribution in [0.5, 0.6) is 11.5 Å². The Kier molecular flexibility index (Phi) is 12.6. The van der Waals surface area contributed by atoms with E-state index in [4.69, 9.17) is 9.47 Å². The van der Waals surface area contributed by atoms with Gasteiger partial charge in [0.2, 0.25) is 5.82 Å². The molecule has 4 aliphatic rings. The number of fused-ring (bicyclic) bond motifs is 1. The predicted molar refractivity (Wildman–Crippen MR) is 250 cm³/mol. The highest BCUT2D eigenvalue weighted by molar-refractivity contribution is 7.90. The van der Waals surface area contributed by atoms with E-state index in [9.17, 15) is 23.3 Å². The number of rotatable bonds is 13. The molecule has 1 unspecified atom stereocenters. The lowest BCUT2D eigenvalue weighted by Gasteiger charge is -2.58. The van der Waals surface area contributed by atoms with Crippen LogP contribution in [0.15, 0.2) is 84.1 Å². The summed E-state index contributed by atoms with van der Waals surface area (Å²) in [6.45, 7) is 12.7. The minimum atomic E-state index is -4.60. The monoisotopic (exact) mass is 904 g/mol. The highest BCUT2D eigenvalue weighted by Crippen LogP contribution is 2.54. The number of nitro groups is 1. The van der Waals surface area contributed by atoms with Gasteiger partial charge in [0.1, 0.15) is 22.0 Å². The first-order valence-electron chi connectivity index (χ1n) is 23.2. The maximum absolute atomic E-state index is 14.0. The summed E-state index contributed by atoms with van der Waals surface area (Å²) in [5.74, 6) is 0.971. The third-order valence-corrected chi connectivity index (χ3v) is 15.8. The van der Waals surface area contributed by atoms with Crippen LogP contribution in [0.4, 0.5) is 17.2 Å². The molecule has 3 N–H and O–H groups in total. The summed E-state index contributed by atoms with van der Waals surface area (Å²) in [6.07, 6.45) is 13.0. The quantitative estimate of drug-likeness (QED) is 0.0753. The van der Waals surface area contributed by atoms with Crippen molar-refractivity contribution in [3.05, 3.63) is 106 Å². The number of ether oxygens (including phenoxy) is 2. The van der Waals surface area contributed by atoms with E-state index >= 15 is 0 Å². The fourth-order valence-electron chi connectivity index (χ4n) is 10.8. The van der Waals surface area contributed by atoms with E-state index in [0.717, 1.165) is 101 Å². The van der Waals surface area contributed by atoms with Gasteiger partial charge in [0.25, 0.3) is 15.9 Å². The number of anilines is 2. The molecule has 2 aliphatic carbocycles. The topological polar surface area (TPSA) is 185 Å². The summed E-state index contributed by atoms with van der Waals surface area (Å²) in [5.41, 5.74) is 4.02. The summed E-state index contributed by atoms with van der Waals surface area (Å²) in [6, 6.07) is 19.3. The van der Waals surface area contributed by atoms with E-state index in [2.05, 4.69) is 86.8 Å². The number of sulfonamides is 1. The predicted octanol–water partition coefficient (Wildman–Crippen LogP) is 9.35. The van der Waals surface area contributed by atoms with Crippen molar-refractivity contribution < 1.29 is 27.6 Å². The summed E-state index contributed by atoms with van der Waals surface area (Å²) in [5, 5.41) is 16.0. The molecular formula is C49H60N8O7S. The molecule has 4 fully saturated rings. The number of carbonyl (C=O) groups is 1. The van der Waals surface area contributed by atoms with Gasteiger partial charge in [0.05, 0.1) is 41.6 Å². The molecule has 0 radical (unpaired) electrons. The van der Waals surface area contributed by atoms with Crippen LogP contribution >= 0.6 is 0 Å². The number of carbonyl (C=O) groups excluding carboxylic acids is 1. The summed E-state index contributed by atoms with van der Waals surface area (Å²) in [4.78, 5) is 41.6. The zero-order chi connectivity index (χ0) is 45.5. The van der Waals surface area contributed by atoms with Gasteiger partial charge in [-0.05, 0) is 104 Å². The van der Waals surface area contributed by atoms with Crippen molar-refractivity contribution in [2.24, 2.45) is 17.3 Å². The van der Waals surface area contributed by atoms with E-state index in [1.165, 1.54) is 17.3 Å². The van der Waals surface area contributed by atoms with Crippen molar-refractivity contribution in [2.45, 2.75) is 108 Å². The minimum absolute atomic E-state index is 0.0115. The number of piperidine rings is 1. The van der Waals surface area contributed by atoms with Crippen molar-refractivity contribution in [1.29, 1.82) is 0 Å². The van der Waals surface area contributed by atoms with Crippen LogP contribution in [0.25, 0.3) is 11.0 Å². The van der Waals surface area contributed by atoms with Crippen LogP contribution in [0.3, 0.4) is 0 Å². The second-order valence-corrected chi connectivity index (χ2v) is 20.9. The number of amides is 1. The molecule has 15 nitrogen and oxygen atoms in total. The fraction of sp³-hybridized carbons (Fsp3) is 0.490. The maximum Gasteiger partial charge on any atom is 0.312 e. The zero-order valence-corrected chi connectivity index (χ0v) is 38.5. The normalized spacial score (nSPS) is 22.8. The molecule has 2 atom stereocenters. The zero-order valence-electron chi connectivity index (χ0n) is 37.7. The number of aromatic nitrogens is 3. The first kappa shape index (κ1) is 44.6. The molecule has 1 amide bonds. The molecule has 2 aliphatic heterocycles. The van der Waals surface area contributed by atoms with Crippen LogP contribution in [0.2, 0.25) is 0 Å². The molecule has 2 aromatic carbocycles. The van der Waals surface area contributed by atoms with Crippen LogP contribution < -0.4 is 19.7 Å². The second kappa shape index (κ2) is 18.4. The first-order valence-corrected chi connectivity index (χ1v) is 24.7. The van der Waals surface area contributed by atoms with Gasteiger partial charge in [-0.3, -0.25) is 19.8 Å². The van der Waals surface area contributed by atoms with Crippen molar-refractivity contribution in [3.63, 3.8) is 0 Å². The Morgan fingerprint density at radius 3 is 2.52 bits per heavy atom. The lowest BCUT2D eigenvalue weighted by atomic mass is 9.59. The molecule has 2 saturated carbocycles. The van der Waals surface area contributed by atoms with Crippen LogP contribution in [-0.4, -0.2) is 84.0 Å². The van der Waals surface area contributed by atoms with E-state index < -0.39 is 31.4 Å². The third kappa shape index (κ3) is 9.43. The van der Waals surface area contributed by atoms with Gasteiger partial charge in [-0.15, -0.1) is 0 Å². The number of morpholine rings is 1. The molecule has 0 bridgehead atoms. The van der Waals surface area contributed by atoms with Crippen LogP contribution in [0.1, 0.15) is 113 Å². The number of pyridine rings is 2. The standard InChI is InChI=1S/C49H60N8O7S/c1-31(2)40-7-5-6-8-41(40)45-33(4)63-22-21-56(45)37-26-49(27-37)16-19-55(20-17-49)36-13-14-42(44(24-36)64-38-23-35-15-18-50-46(35)52-29-38)48(58)54-65(61,62)39-25-43(57(59)60)47(53-30-39)51-28-34-11-9-32(3)10-12-34/h5-8,13-15,18,23-25,29-34,37,45H,9-12,16-17,19-22,26-28H2,1-4H3,(H,50,52)(H,51,53)(H,54,58)/t32?,33?,34?,45-/m0/s1. The second-order valence-electron chi connectivity index (χ2n) is 19.2. The molecule has 2 saturated heterocycles. The van der Waals surface area contributed by atoms with Gasteiger partial charge in [-0.2, -0.15) is 0 Å². The maximum atomic E-state index is 14.0. The lowest BCUT2D eigenvalue weighted by Crippen LogP contribution is -2.59. The van der Waals surface area contributed by atoms with Gasteiger partial charge in [0.15, 0.2) is 0 Å². The Hall–Kier alpha value is -5.58. The van der Waals surface area contributed by atoms with Gasteiger partial charge < -0.3 is 24.7 Å². The Bertz CT molecular complexity index is 2650. The molecular weight excluding hydrogens is 845 g/mol. The molecule has 9 rings (SSSR count). The SMILES string of the molecule is CC1CCC(CNc2ncc(S(=O)(=O)NC(=O)c3ccc(N4CCC5(CC4)CC(N4CCOC(C)[C@H]4c4ccccc4C(C)C)C5)cc3Oc3cnc4[nH]ccc4c3)cc2[N+](=O)[O-])CC1. The van der Waals surface area contributed by atoms with Crippen LogP contribution in [0, 0.1) is 27.4 Å². The molecule has 5 aromatic rings. The summed E-state index contributed by atoms with van der Waals surface area (Å²) < 4.78 is 42.2. The van der Waals surface area contributed by atoms with Gasteiger partial charge in [0, 0.05) is 61.6 Å². The van der Waals surface area contributed by atoms with E-state index in [1.807, 2.05) is 12.1 Å². The Morgan fingerprint density at radius 1 is 1.00 bits per heavy atom. The minimum Gasteiger partial charge on any atom is -0.455 e. The Balaban J connectivity index is 0.905. The molecule has 344 valence electrons. The lowest BCUT2D eigenvalue weighted by molar-refractivity contribution is -0.384. The smallest absolute Gasteiger partial charge is 0.312 e. The average Bonchev–Trinajstić information content (AvgIpc) is 3.76. The molecule has 1 spiro atoms. The largest absolute Gasteiger partial charge is 0.455 e. The van der Waals surface area contributed by atoms with Gasteiger partial charge in [-0.25, -0.2) is 23.1 Å². The van der Waals surface area contributed by atoms with Gasteiger partial charge >= 0.3 is 5.69 Å². The highest BCUT2D eigenvalue weighted by atomic mass is 32.2. The highest BCUT2D eigenvalue weighted by Gasteiger charge is 2.50. The number of nitrogens with one attached hydrogen (secondary N) is 3. The van der Waals surface area contributed by atoms with Crippen molar-refractivity contribution in [3.8, 4) is 11.5 Å². The molecule has 3 aromatic heterocycles. The third-order valence-electron chi connectivity index (χ3n) is 14.5. The Labute approximate surface area is 380 Å². The van der Waals surface area contributed by atoms with E-state index in [1.54, 1.807) is 24.4 Å². The molecule has 65 heavy (non-hydrogen) atoms. The van der Waals surface area contributed by atoms with E-state index in [-0.39, 0.29) is 34.7 Å². The summed E-state index contributed by atoms with van der Waals surface area (Å²) in [7, 11) is -4.60. The summed E-state index contributed by atoms with van der Waals surface area (Å²) >= 11 is 0. The van der Waals surface area contributed by atoms with E-state index in [0.29, 0.717) is 41.7 Å². The fourth-order valence-corrected chi connectivity index (χ4v) is 11.7.